The van der Waals surface area contributed by atoms with Crippen molar-refractivity contribution in [3.05, 3.63) is 51.0 Å². The lowest BCUT2D eigenvalue weighted by atomic mass is 10.1. The fourth-order valence-corrected chi connectivity index (χ4v) is 2.02. The zero-order valence-corrected chi connectivity index (χ0v) is 11.0. The van der Waals surface area contributed by atoms with E-state index >= 15 is 0 Å². The average molecular weight is 305 g/mol. The number of hydrogen-bond acceptors (Lipinski definition) is 2. The van der Waals surface area contributed by atoms with E-state index < -0.39 is 5.95 Å². The molecule has 0 radical (unpaired) electrons. The van der Waals surface area contributed by atoms with Crippen LogP contribution in [0, 0.1) is 5.95 Å². The van der Waals surface area contributed by atoms with Gasteiger partial charge in [-0.05, 0) is 23.8 Å². The second kappa shape index (κ2) is 5.22. The van der Waals surface area contributed by atoms with Crippen LogP contribution in [0.3, 0.4) is 0 Å². The molecule has 6 heteroatoms. The van der Waals surface area contributed by atoms with E-state index in [4.69, 9.17) is 34.8 Å². The third kappa shape index (κ3) is 2.48. The molecular formula is C12H5Cl3FNO. The summed E-state index contributed by atoms with van der Waals surface area (Å²) >= 11 is 17.6. The normalized spacial score (nSPS) is 10.4. The zero-order chi connectivity index (χ0) is 13.3. The highest BCUT2D eigenvalue weighted by atomic mass is 35.5. The maximum absolute atomic E-state index is 13.1. The second-order valence-electron chi connectivity index (χ2n) is 3.48. The van der Waals surface area contributed by atoms with Crippen molar-refractivity contribution in [2.75, 3.05) is 0 Å². The van der Waals surface area contributed by atoms with Crippen LogP contribution in [0.5, 0.6) is 0 Å². The summed E-state index contributed by atoms with van der Waals surface area (Å²) in [6.07, 6.45) is 1.68. The number of nitrogens with zero attached hydrogens (tertiary/aromatic N) is 1. The number of rotatable bonds is 2. The molecule has 0 N–H and O–H groups in total. The van der Waals surface area contributed by atoms with Gasteiger partial charge >= 0.3 is 0 Å². The predicted molar refractivity (Wildman–Crippen MR) is 70.0 cm³/mol. The molecule has 2 nitrogen and oxygen atoms in total. The summed E-state index contributed by atoms with van der Waals surface area (Å²) in [6.45, 7) is 0. The van der Waals surface area contributed by atoms with Gasteiger partial charge in [-0.3, -0.25) is 4.79 Å². The summed E-state index contributed by atoms with van der Waals surface area (Å²) in [7, 11) is 0. The Labute approximate surface area is 117 Å². The van der Waals surface area contributed by atoms with E-state index in [0.717, 1.165) is 0 Å². The summed E-state index contributed by atoms with van der Waals surface area (Å²) in [5, 5.41) is 0.792. The third-order valence-corrected chi connectivity index (χ3v) is 3.51. The molecule has 0 saturated carbocycles. The third-order valence-electron chi connectivity index (χ3n) is 2.31. The Balaban J connectivity index is 2.58. The van der Waals surface area contributed by atoms with Crippen LogP contribution in [0.25, 0.3) is 11.1 Å². The van der Waals surface area contributed by atoms with Gasteiger partial charge < -0.3 is 0 Å². The van der Waals surface area contributed by atoms with Crippen LogP contribution < -0.4 is 0 Å². The Kier molecular flexibility index (Phi) is 3.85. The van der Waals surface area contributed by atoms with Gasteiger partial charge in [0, 0.05) is 11.8 Å². The molecule has 0 unspecified atom stereocenters. The van der Waals surface area contributed by atoms with Gasteiger partial charge in [-0.15, -0.1) is 0 Å². The molecule has 0 amide bonds. The first kappa shape index (κ1) is 13.3. The Morgan fingerprint density at radius 2 is 1.67 bits per heavy atom. The van der Waals surface area contributed by atoms with Gasteiger partial charge in [0.05, 0.1) is 20.6 Å². The van der Waals surface area contributed by atoms with Gasteiger partial charge in [0.1, 0.15) is 0 Å². The zero-order valence-electron chi connectivity index (χ0n) is 8.75. The number of halogens is 4. The molecule has 2 aromatic rings. The monoisotopic (exact) mass is 303 g/mol. The molecule has 1 aromatic carbocycles. The first-order chi connectivity index (χ1) is 8.52. The van der Waals surface area contributed by atoms with Gasteiger partial charge in [0.2, 0.25) is 5.95 Å². The summed E-state index contributed by atoms with van der Waals surface area (Å²) < 4.78 is 13.1. The number of carbonyl (C=O) groups excluding carboxylic acids is 1. The van der Waals surface area contributed by atoms with Crippen LogP contribution in [-0.4, -0.2) is 11.3 Å². The minimum absolute atomic E-state index is 0.130. The van der Waals surface area contributed by atoms with Gasteiger partial charge in [0.15, 0.2) is 6.29 Å². The lowest BCUT2D eigenvalue weighted by molar-refractivity contribution is 0.111. The molecular weight excluding hydrogens is 299 g/mol. The summed E-state index contributed by atoms with van der Waals surface area (Å²) in [5.41, 5.74) is 0.999. The Bertz CT molecular complexity index is 608. The van der Waals surface area contributed by atoms with E-state index in [9.17, 15) is 9.18 Å². The highest BCUT2D eigenvalue weighted by molar-refractivity contribution is 6.48. The topological polar surface area (TPSA) is 30.0 Å². The van der Waals surface area contributed by atoms with E-state index in [1.807, 2.05) is 0 Å². The van der Waals surface area contributed by atoms with Crippen molar-refractivity contribution in [3.63, 3.8) is 0 Å². The molecule has 0 fully saturated rings. The maximum Gasteiger partial charge on any atom is 0.223 e. The first-order valence-electron chi connectivity index (χ1n) is 4.78. The van der Waals surface area contributed by atoms with Crippen LogP contribution in [-0.2, 0) is 0 Å². The highest BCUT2D eigenvalue weighted by Crippen LogP contribution is 2.35. The van der Waals surface area contributed by atoms with Crippen molar-refractivity contribution in [2.45, 2.75) is 0 Å². The number of aldehydes is 1. The lowest BCUT2D eigenvalue weighted by Gasteiger charge is -2.06. The van der Waals surface area contributed by atoms with Crippen LogP contribution in [0.4, 0.5) is 4.39 Å². The number of carbonyl (C=O) groups is 1. The van der Waals surface area contributed by atoms with Crippen molar-refractivity contribution in [2.24, 2.45) is 0 Å². The van der Waals surface area contributed by atoms with E-state index in [1.54, 1.807) is 12.1 Å². The smallest absolute Gasteiger partial charge is 0.223 e. The molecule has 92 valence electrons. The number of benzene rings is 1. The van der Waals surface area contributed by atoms with Crippen LogP contribution in [0.2, 0.25) is 15.1 Å². The minimum atomic E-state index is -0.820. The lowest BCUT2D eigenvalue weighted by Crippen LogP contribution is -1.93. The number of hydrogen-bond donors (Lipinski definition) is 0. The standard InChI is InChI=1S/C12H5Cl3FNO/c13-9-2-6(3-10(14)11(9)15)7-1-8(5-18)12(16)17-4-7/h1-5H. The van der Waals surface area contributed by atoms with Gasteiger partial charge in [-0.25, -0.2) is 4.98 Å². The van der Waals surface area contributed by atoms with E-state index in [-0.39, 0.29) is 20.6 Å². The SMILES string of the molecule is O=Cc1cc(-c2cc(Cl)c(Cl)c(Cl)c2)cnc1F. The largest absolute Gasteiger partial charge is 0.298 e. The van der Waals surface area contributed by atoms with Crippen molar-refractivity contribution in [1.82, 2.24) is 4.98 Å². The number of aromatic nitrogens is 1. The quantitative estimate of drug-likeness (QED) is 0.459. The van der Waals surface area contributed by atoms with Crippen LogP contribution in [0.1, 0.15) is 10.4 Å². The second-order valence-corrected chi connectivity index (χ2v) is 4.67. The molecule has 0 aliphatic rings. The molecule has 0 saturated heterocycles. The molecule has 0 aliphatic heterocycles. The molecule has 1 aromatic heterocycles. The molecule has 0 aliphatic carbocycles. The van der Waals surface area contributed by atoms with E-state index in [1.165, 1.54) is 12.3 Å². The van der Waals surface area contributed by atoms with Gasteiger partial charge in [-0.1, -0.05) is 34.8 Å². The van der Waals surface area contributed by atoms with E-state index in [0.29, 0.717) is 17.4 Å². The van der Waals surface area contributed by atoms with Crippen molar-refractivity contribution in [3.8, 4) is 11.1 Å². The van der Waals surface area contributed by atoms with Gasteiger partial charge in [0.25, 0.3) is 0 Å². The van der Waals surface area contributed by atoms with Crippen LogP contribution in [0.15, 0.2) is 24.4 Å². The summed E-state index contributed by atoms with van der Waals surface area (Å²) in [6, 6.07) is 4.50. The molecule has 2 rings (SSSR count). The molecule has 0 spiro atoms. The van der Waals surface area contributed by atoms with Gasteiger partial charge in [-0.2, -0.15) is 4.39 Å². The van der Waals surface area contributed by atoms with Crippen molar-refractivity contribution < 1.29 is 9.18 Å². The molecule has 1 heterocycles. The first-order valence-corrected chi connectivity index (χ1v) is 5.92. The van der Waals surface area contributed by atoms with Crippen molar-refractivity contribution in [1.29, 1.82) is 0 Å². The molecule has 0 bridgehead atoms. The minimum Gasteiger partial charge on any atom is -0.298 e. The highest BCUT2D eigenvalue weighted by Gasteiger charge is 2.10. The average Bonchev–Trinajstić information content (AvgIpc) is 2.36. The molecule has 0 atom stereocenters. The maximum atomic E-state index is 13.1. The van der Waals surface area contributed by atoms with E-state index in [2.05, 4.69) is 4.98 Å². The number of pyridine rings is 1. The fourth-order valence-electron chi connectivity index (χ4n) is 1.43. The Morgan fingerprint density at radius 3 is 2.22 bits per heavy atom. The molecule has 18 heavy (non-hydrogen) atoms. The Hall–Kier alpha value is -1.16. The summed E-state index contributed by atoms with van der Waals surface area (Å²) in [4.78, 5) is 14.1. The fraction of sp³-hybridized carbons (Fsp3) is 0. The Morgan fingerprint density at radius 1 is 1.06 bits per heavy atom. The van der Waals surface area contributed by atoms with Crippen LogP contribution >= 0.6 is 34.8 Å². The predicted octanol–water partition coefficient (Wildman–Crippen LogP) is 4.66. The summed E-state index contributed by atoms with van der Waals surface area (Å²) in [5.74, 6) is -0.820. The van der Waals surface area contributed by atoms with Crippen molar-refractivity contribution >= 4 is 41.1 Å².